The number of para-hydroxylation sites is 1. The fraction of sp³-hybridized carbons (Fsp3) is 0.300. The first-order chi connectivity index (χ1) is 13.5. The van der Waals surface area contributed by atoms with Gasteiger partial charge in [-0.25, -0.2) is 19.3 Å². The number of benzene rings is 2. The van der Waals surface area contributed by atoms with Gasteiger partial charge in [0.05, 0.1) is 27.7 Å². The van der Waals surface area contributed by atoms with Gasteiger partial charge < -0.3 is 0 Å². The zero-order valence-electron chi connectivity index (χ0n) is 14.7. The lowest BCUT2D eigenvalue weighted by molar-refractivity contribution is -0.126. The number of nitrogens with zero attached hydrogens (tertiary/aromatic N) is 3. The van der Waals surface area contributed by atoms with Crippen LogP contribution in [0.25, 0.3) is 0 Å². The Hall–Kier alpha value is -1.99. The number of carbonyl (C=O) groups is 2. The van der Waals surface area contributed by atoms with Crippen molar-refractivity contribution in [2.24, 2.45) is 5.92 Å². The molecule has 0 spiro atoms. The Morgan fingerprint density at radius 1 is 0.857 bits per heavy atom. The maximum absolute atomic E-state index is 13.4. The van der Waals surface area contributed by atoms with Crippen LogP contribution in [0.3, 0.4) is 0 Å². The second kappa shape index (κ2) is 6.52. The molecule has 3 aliphatic rings. The fourth-order valence-electron chi connectivity index (χ4n) is 4.70. The number of imide groups is 1. The lowest BCUT2D eigenvalue weighted by Crippen LogP contribution is -2.44. The predicted molar refractivity (Wildman–Crippen MR) is 103 cm³/mol. The summed E-state index contributed by atoms with van der Waals surface area (Å²) in [5.74, 6) is -1.57. The molecule has 0 aromatic heterocycles. The molecule has 0 radical (unpaired) electrons. The van der Waals surface area contributed by atoms with Crippen LogP contribution in [-0.4, -0.2) is 41.0 Å². The van der Waals surface area contributed by atoms with Gasteiger partial charge >= 0.3 is 0 Å². The molecule has 0 N–H and O–H groups in total. The van der Waals surface area contributed by atoms with Crippen molar-refractivity contribution in [3.8, 4) is 0 Å². The molecular formula is C20H16Cl2FN3O2. The molecule has 0 aliphatic carbocycles. The molecule has 8 heteroatoms. The minimum atomic E-state index is -0.600. The van der Waals surface area contributed by atoms with Crippen LogP contribution < -0.4 is 4.90 Å². The molecule has 144 valence electrons. The van der Waals surface area contributed by atoms with Gasteiger partial charge in [-0.05, 0) is 36.2 Å². The first-order valence-electron chi connectivity index (χ1n) is 9.09. The predicted octanol–water partition coefficient (Wildman–Crippen LogP) is 3.67. The minimum Gasteiger partial charge on any atom is -0.274 e. The zero-order valence-corrected chi connectivity index (χ0v) is 16.2. The van der Waals surface area contributed by atoms with Gasteiger partial charge in [0.15, 0.2) is 0 Å². The third-order valence-corrected chi connectivity index (χ3v) is 6.39. The van der Waals surface area contributed by atoms with Gasteiger partial charge in [-0.2, -0.15) is 0 Å². The van der Waals surface area contributed by atoms with Gasteiger partial charge in [-0.15, -0.1) is 0 Å². The SMILES string of the molecule is O=C1C2C(C(=O)N1c1c(Cl)cccc1Cl)N1CCCN1C2c1ccc(F)cc1. The van der Waals surface area contributed by atoms with E-state index in [0.717, 1.165) is 23.4 Å². The van der Waals surface area contributed by atoms with Crippen molar-refractivity contribution in [2.75, 3.05) is 18.0 Å². The van der Waals surface area contributed by atoms with Crippen molar-refractivity contribution >= 4 is 40.7 Å². The first-order valence-corrected chi connectivity index (χ1v) is 9.85. The minimum absolute atomic E-state index is 0.235. The Labute approximate surface area is 171 Å². The van der Waals surface area contributed by atoms with E-state index in [4.69, 9.17) is 23.2 Å². The summed E-state index contributed by atoms with van der Waals surface area (Å²) in [6.07, 6.45) is 0.898. The third-order valence-electron chi connectivity index (χ3n) is 5.78. The Kier molecular flexibility index (Phi) is 4.21. The van der Waals surface area contributed by atoms with Crippen LogP contribution in [0.5, 0.6) is 0 Å². The van der Waals surface area contributed by atoms with E-state index in [2.05, 4.69) is 5.01 Å². The number of amides is 2. The maximum Gasteiger partial charge on any atom is 0.253 e. The number of fused-ring (bicyclic) bond motifs is 3. The van der Waals surface area contributed by atoms with E-state index in [9.17, 15) is 14.0 Å². The molecule has 0 bridgehead atoms. The highest BCUT2D eigenvalue weighted by Crippen LogP contribution is 2.50. The third kappa shape index (κ3) is 2.45. The highest BCUT2D eigenvalue weighted by Gasteiger charge is 2.63. The van der Waals surface area contributed by atoms with E-state index < -0.39 is 12.0 Å². The van der Waals surface area contributed by atoms with E-state index in [1.54, 1.807) is 30.3 Å². The molecule has 5 rings (SSSR count). The lowest BCUT2D eigenvalue weighted by atomic mass is 9.90. The van der Waals surface area contributed by atoms with Crippen LogP contribution in [0.2, 0.25) is 10.0 Å². The molecule has 5 nitrogen and oxygen atoms in total. The fourth-order valence-corrected chi connectivity index (χ4v) is 5.26. The van der Waals surface area contributed by atoms with Crippen LogP contribution in [0.1, 0.15) is 18.0 Å². The highest BCUT2D eigenvalue weighted by atomic mass is 35.5. The summed E-state index contributed by atoms with van der Waals surface area (Å²) in [6, 6.07) is 10.1. The standard InChI is InChI=1S/C20H16Cl2FN3O2/c21-13-3-1-4-14(22)17(13)26-19(27)15-16(11-5-7-12(23)8-6-11)24-9-2-10-25(24)18(15)20(26)28/h1,3-8,15-16,18H,2,9-10H2. The van der Waals surface area contributed by atoms with Crippen LogP contribution in [0, 0.1) is 11.7 Å². The zero-order chi connectivity index (χ0) is 19.6. The quantitative estimate of drug-likeness (QED) is 0.696. The molecule has 3 heterocycles. The number of carbonyl (C=O) groups excluding carboxylic acids is 2. The number of hydrogen-bond donors (Lipinski definition) is 0. The number of rotatable bonds is 2. The summed E-state index contributed by atoms with van der Waals surface area (Å²) in [5, 5.41) is 4.56. The largest absolute Gasteiger partial charge is 0.274 e. The van der Waals surface area contributed by atoms with Crippen LogP contribution in [-0.2, 0) is 9.59 Å². The van der Waals surface area contributed by atoms with Gasteiger partial charge in [0.2, 0.25) is 5.91 Å². The highest BCUT2D eigenvalue weighted by molar-refractivity contribution is 6.42. The van der Waals surface area contributed by atoms with Gasteiger partial charge in [0, 0.05) is 13.1 Å². The molecule has 2 aromatic rings. The summed E-state index contributed by atoms with van der Waals surface area (Å²) >= 11 is 12.6. The van der Waals surface area contributed by atoms with Crippen LogP contribution in [0.4, 0.5) is 10.1 Å². The van der Waals surface area contributed by atoms with Crippen molar-refractivity contribution in [1.29, 1.82) is 0 Å². The number of halogens is 3. The number of anilines is 1. The number of hydrogen-bond acceptors (Lipinski definition) is 4. The molecule has 3 saturated heterocycles. The molecule has 3 aliphatic heterocycles. The van der Waals surface area contributed by atoms with Crippen LogP contribution in [0.15, 0.2) is 42.5 Å². The Balaban J connectivity index is 1.62. The van der Waals surface area contributed by atoms with Gasteiger partial charge in [0.1, 0.15) is 11.9 Å². The van der Waals surface area contributed by atoms with E-state index in [1.807, 2.05) is 5.01 Å². The molecule has 0 saturated carbocycles. The monoisotopic (exact) mass is 419 g/mol. The average Bonchev–Trinajstić information content (AvgIpc) is 3.30. The van der Waals surface area contributed by atoms with E-state index >= 15 is 0 Å². The van der Waals surface area contributed by atoms with Crippen molar-refractivity contribution < 1.29 is 14.0 Å². The maximum atomic E-state index is 13.4. The van der Waals surface area contributed by atoms with E-state index in [-0.39, 0.29) is 39.4 Å². The summed E-state index contributed by atoms with van der Waals surface area (Å²) in [4.78, 5) is 27.9. The Morgan fingerprint density at radius 3 is 2.11 bits per heavy atom. The molecule has 28 heavy (non-hydrogen) atoms. The lowest BCUT2D eigenvalue weighted by Gasteiger charge is -2.30. The van der Waals surface area contributed by atoms with E-state index in [0.29, 0.717) is 6.54 Å². The molecule has 2 amide bonds. The average molecular weight is 420 g/mol. The molecule has 3 atom stereocenters. The summed E-state index contributed by atoms with van der Waals surface area (Å²) < 4.78 is 13.4. The van der Waals surface area contributed by atoms with Gasteiger partial charge in [-0.3, -0.25) is 9.59 Å². The van der Waals surface area contributed by atoms with E-state index in [1.165, 1.54) is 12.1 Å². The van der Waals surface area contributed by atoms with Gasteiger partial charge in [-0.1, -0.05) is 41.4 Å². The summed E-state index contributed by atoms with van der Waals surface area (Å²) in [7, 11) is 0. The Bertz CT molecular complexity index is 964. The summed E-state index contributed by atoms with van der Waals surface area (Å²) in [6.45, 7) is 1.45. The molecule has 3 fully saturated rings. The molecule has 3 unspecified atom stereocenters. The van der Waals surface area contributed by atoms with Crippen LogP contribution >= 0.6 is 23.2 Å². The molecular weight excluding hydrogens is 404 g/mol. The smallest absolute Gasteiger partial charge is 0.253 e. The normalized spacial score (nSPS) is 27.5. The second-order valence-corrected chi connectivity index (χ2v) is 8.04. The van der Waals surface area contributed by atoms with Crippen molar-refractivity contribution in [3.63, 3.8) is 0 Å². The number of hydrazine groups is 1. The first kappa shape index (κ1) is 18.1. The van der Waals surface area contributed by atoms with Crippen molar-refractivity contribution in [2.45, 2.75) is 18.5 Å². The summed E-state index contributed by atoms with van der Waals surface area (Å²) in [5.41, 5.74) is 1.05. The second-order valence-electron chi connectivity index (χ2n) is 7.23. The topological polar surface area (TPSA) is 43.9 Å². The van der Waals surface area contributed by atoms with Crippen molar-refractivity contribution in [3.05, 3.63) is 63.9 Å². The molecule has 2 aromatic carbocycles. The van der Waals surface area contributed by atoms with Gasteiger partial charge in [0.25, 0.3) is 5.91 Å². The van der Waals surface area contributed by atoms with Crippen molar-refractivity contribution in [1.82, 2.24) is 10.0 Å². The Morgan fingerprint density at radius 2 is 1.46 bits per heavy atom.